The van der Waals surface area contributed by atoms with Gasteiger partial charge in [0.2, 0.25) is 11.8 Å². The summed E-state index contributed by atoms with van der Waals surface area (Å²) in [5.41, 5.74) is 7.58. The van der Waals surface area contributed by atoms with Crippen LogP contribution in [0.5, 0.6) is 0 Å². The Bertz CT molecular complexity index is 751. The van der Waals surface area contributed by atoms with Crippen molar-refractivity contribution in [2.75, 3.05) is 18.0 Å². The van der Waals surface area contributed by atoms with Crippen molar-refractivity contribution in [2.24, 2.45) is 23.5 Å². The zero-order valence-electron chi connectivity index (χ0n) is 22.4. The minimum absolute atomic E-state index is 0.0278. The van der Waals surface area contributed by atoms with Crippen molar-refractivity contribution in [3.05, 3.63) is 29.8 Å². The molecule has 0 heterocycles. The normalized spacial score (nSPS) is 15.8. The van der Waals surface area contributed by atoms with Gasteiger partial charge in [-0.2, -0.15) is 0 Å². The Hall–Kier alpha value is -2.04. The molecule has 5 nitrogen and oxygen atoms in total. The molecule has 1 aliphatic carbocycles. The van der Waals surface area contributed by atoms with Crippen molar-refractivity contribution in [3.8, 4) is 0 Å². The fraction of sp³-hybridized carbons (Fsp3) is 0.724. The number of anilines is 1. The van der Waals surface area contributed by atoms with Gasteiger partial charge in [-0.25, -0.2) is 0 Å². The lowest BCUT2D eigenvalue weighted by atomic mass is 9.85. The largest absolute Gasteiger partial charge is 0.369 e. The van der Waals surface area contributed by atoms with Gasteiger partial charge in [0, 0.05) is 31.1 Å². The molecule has 1 unspecified atom stereocenters. The first kappa shape index (κ1) is 28.2. The van der Waals surface area contributed by atoms with Gasteiger partial charge in [-0.1, -0.05) is 65.0 Å². The summed E-state index contributed by atoms with van der Waals surface area (Å²) in [5.74, 6) is 0.860. The van der Waals surface area contributed by atoms with Gasteiger partial charge < -0.3 is 16.0 Å². The quantitative estimate of drug-likeness (QED) is 0.357. The number of aryl methyl sites for hydroxylation is 1. The van der Waals surface area contributed by atoms with Gasteiger partial charge in [0.05, 0.1) is 5.54 Å². The van der Waals surface area contributed by atoms with Gasteiger partial charge in [0.15, 0.2) is 0 Å². The Morgan fingerprint density at radius 1 is 1.06 bits per heavy atom. The highest BCUT2D eigenvalue weighted by atomic mass is 16.2. The van der Waals surface area contributed by atoms with Crippen LogP contribution in [0.1, 0.15) is 98.0 Å². The monoisotopic (exact) mass is 471 g/mol. The molecular weight excluding hydrogens is 422 g/mol. The molecule has 0 radical (unpaired) electrons. The Kier molecular flexibility index (Phi) is 11.4. The van der Waals surface area contributed by atoms with Crippen LogP contribution in [-0.4, -0.2) is 30.4 Å². The molecule has 2 rings (SSSR count). The van der Waals surface area contributed by atoms with E-state index in [9.17, 15) is 9.59 Å². The second-order valence-electron chi connectivity index (χ2n) is 11.6. The summed E-state index contributed by atoms with van der Waals surface area (Å²) in [6.07, 6.45) is 11.4. The summed E-state index contributed by atoms with van der Waals surface area (Å²) in [6, 6.07) is 9.08. The van der Waals surface area contributed by atoms with Gasteiger partial charge in [0.25, 0.3) is 0 Å². The van der Waals surface area contributed by atoms with Crippen LogP contribution in [0.4, 0.5) is 5.69 Å². The molecule has 0 saturated heterocycles. The topological polar surface area (TPSA) is 75.4 Å². The van der Waals surface area contributed by atoms with Gasteiger partial charge >= 0.3 is 0 Å². The Balaban J connectivity index is 1.97. The maximum Gasteiger partial charge on any atom is 0.220 e. The van der Waals surface area contributed by atoms with Crippen molar-refractivity contribution < 1.29 is 9.59 Å². The minimum Gasteiger partial charge on any atom is -0.369 e. The first-order valence-electron chi connectivity index (χ1n) is 13.5. The number of rotatable bonds is 14. The molecule has 1 fully saturated rings. The average Bonchev–Trinajstić information content (AvgIpc) is 2.79. The number of benzene rings is 1. The summed E-state index contributed by atoms with van der Waals surface area (Å²) in [4.78, 5) is 26.2. The second-order valence-corrected chi connectivity index (χ2v) is 11.6. The van der Waals surface area contributed by atoms with E-state index in [2.05, 4.69) is 62.2 Å². The maximum absolute atomic E-state index is 12.5. The average molecular weight is 472 g/mol. The summed E-state index contributed by atoms with van der Waals surface area (Å²) in [7, 11) is 0. The van der Waals surface area contributed by atoms with Crippen LogP contribution >= 0.6 is 0 Å². The molecular formula is C29H49N3O2. The number of hydrogen-bond acceptors (Lipinski definition) is 3. The molecule has 3 N–H and O–H groups in total. The molecule has 1 saturated carbocycles. The van der Waals surface area contributed by atoms with Crippen LogP contribution in [-0.2, 0) is 16.0 Å². The third kappa shape index (κ3) is 10.5. The standard InChI is InChI=1S/C29H49N3O2/c1-22(2)19-20-32(21-29(4,5)31-27(33)18-11-23(3)28(30)34)26-16-14-25(15-17-26)13-12-24-9-7-6-8-10-24/h14-17,22-24H,6-13,18-21H2,1-5H3,(H2,30,34)(H,31,33). The van der Waals surface area contributed by atoms with Crippen LogP contribution in [0.3, 0.4) is 0 Å². The molecule has 1 aromatic carbocycles. The van der Waals surface area contributed by atoms with E-state index < -0.39 is 0 Å². The van der Waals surface area contributed by atoms with E-state index in [1.807, 2.05) is 0 Å². The summed E-state index contributed by atoms with van der Waals surface area (Å²) in [6.45, 7) is 12.1. The molecule has 192 valence electrons. The Morgan fingerprint density at radius 2 is 1.71 bits per heavy atom. The summed E-state index contributed by atoms with van der Waals surface area (Å²) < 4.78 is 0. The van der Waals surface area contributed by atoms with Crippen molar-refractivity contribution in [1.82, 2.24) is 5.32 Å². The molecule has 2 amide bonds. The van der Waals surface area contributed by atoms with E-state index in [4.69, 9.17) is 5.73 Å². The molecule has 0 bridgehead atoms. The highest BCUT2D eigenvalue weighted by Gasteiger charge is 2.25. The smallest absolute Gasteiger partial charge is 0.220 e. The first-order valence-corrected chi connectivity index (χ1v) is 13.5. The predicted molar refractivity (Wildman–Crippen MR) is 143 cm³/mol. The van der Waals surface area contributed by atoms with Crippen molar-refractivity contribution in [2.45, 2.75) is 104 Å². The zero-order valence-corrected chi connectivity index (χ0v) is 22.4. The number of nitrogens with two attached hydrogens (primary N) is 1. The fourth-order valence-corrected chi connectivity index (χ4v) is 4.88. The predicted octanol–water partition coefficient (Wildman–Crippen LogP) is 5.85. The lowest BCUT2D eigenvalue weighted by molar-refractivity contribution is -0.124. The lowest BCUT2D eigenvalue weighted by Crippen LogP contribution is -2.52. The van der Waals surface area contributed by atoms with Crippen molar-refractivity contribution >= 4 is 17.5 Å². The van der Waals surface area contributed by atoms with Crippen LogP contribution < -0.4 is 16.0 Å². The van der Waals surface area contributed by atoms with Crippen molar-refractivity contribution in [1.29, 1.82) is 0 Å². The zero-order chi connectivity index (χ0) is 25.1. The highest BCUT2D eigenvalue weighted by Crippen LogP contribution is 2.28. The van der Waals surface area contributed by atoms with E-state index in [1.165, 1.54) is 56.2 Å². The molecule has 0 aliphatic heterocycles. The molecule has 34 heavy (non-hydrogen) atoms. The van der Waals surface area contributed by atoms with E-state index >= 15 is 0 Å². The van der Waals surface area contributed by atoms with Gasteiger partial charge in [-0.3, -0.25) is 9.59 Å². The highest BCUT2D eigenvalue weighted by molar-refractivity contribution is 5.79. The number of primary amides is 1. The number of amides is 2. The van der Waals surface area contributed by atoms with Crippen LogP contribution in [0.25, 0.3) is 0 Å². The maximum atomic E-state index is 12.5. The summed E-state index contributed by atoms with van der Waals surface area (Å²) in [5, 5.41) is 3.17. The van der Waals surface area contributed by atoms with Crippen LogP contribution in [0.15, 0.2) is 24.3 Å². The van der Waals surface area contributed by atoms with E-state index in [0.29, 0.717) is 18.8 Å². The SMILES string of the molecule is CC(C)CCN(CC(C)(C)NC(=O)CCC(C)C(N)=O)c1ccc(CCC2CCCCC2)cc1. The second kappa shape index (κ2) is 13.7. The van der Waals surface area contributed by atoms with Crippen molar-refractivity contribution in [3.63, 3.8) is 0 Å². The number of carbonyl (C=O) groups is 2. The fourth-order valence-electron chi connectivity index (χ4n) is 4.88. The molecule has 0 aromatic heterocycles. The molecule has 0 spiro atoms. The van der Waals surface area contributed by atoms with E-state index in [-0.39, 0.29) is 23.3 Å². The molecule has 1 aliphatic rings. The third-order valence-electron chi connectivity index (χ3n) is 7.20. The number of nitrogens with zero attached hydrogens (tertiary/aromatic N) is 1. The third-order valence-corrected chi connectivity index (χ3v) is 7.20. The van der Waals surface area contributed by atoms with Crippen LogP contribution in [0.2, 0.25) is 0 Å². The molecule has 5 heteroatoms. The van der Waals surface area contributed by atoms with E-state index in [0.717, 1.165) is 25.4 Å². The van der Waals surface area contributed by atoms with Gasteiger partial charge in [-0.05, 0) is 69.1 Å². The van der Waals surface area contributed by atoms with Gasteiger partial charge in [0.1, 0.15) is 0 Å². The Labute approximate surface area is 208 Å². The lowest BCUT2D eigenvalue weighted by Gasteiger charge is -2.35. The summed E-state index contributed by atoms with van der Waals surface area (Å²) >= 11 is 0. The number of hydrogen-bond donors (Lipinski definition) is 2. The number of carbonyl (C=O) groups excluding carboxylic acids is 2. The minimum atomic E-state index is -0.385. The first-order chi connectivity index (χ1) is 16.1. The Morgan fingerprint density at radius 3 is 2.29 bits per heavy atom. The molecule has 1 atom stereocenters. The van der Waals surface area contributed by atoms with E-state index in [1.54, 1.807) is 6.92 Å². The van der Waals surface area contributed by atoms with Crippen LogP contribution in [0, 0.1) is 17.8 Å². The van der Waals surface area contributed by atoms with Gasteiger partial charge in [-0.15, -0.1) is 0 Å². The molecule has 1 aromatic rings. The number of nitrogens with one attached hydrogen (secondary N) is 1.